The van der Waals surface area contributed by atoms with Crippen molar-refractivity contribution in [2.24, 2.45) is 11.8 Å². The lowest BCUT2D eigenvalue weighted by atomic mass is 9.73. The molecule has 1 rings (SSSR count). The first-order valence-corrected chi connectivity index (χ1v) is 5.49. The van der Waals surface area contributed by atoms with Gasteiger partial charge in [0.05, 0.1) is 0 Å². The second-order valence-electron chi connectivity index (χ2n) is 4.68. The molecule has 0 aromatic heterocycles. The summed E-state index contributed by atoms with van der Waals surface area (Å²) in [5.74, 6) is -1.74. The van der Waals surface area contributed by atoms with E-state index in [0.29, 0.717) is 0 Å². The molecule has 1 aliphatic rings. The summed E-state index contributed by atoms with van der Waals surface area (Å²) in [5.41, 5.74) is 2.43. The minimum Gasteiger partial charge on any atom is -0.481 e. The molecule has 0 fully saturated rings. The molecular formula is C12H18O4. The molecule has 4 heteroatoms. The Morgan fingerprint density at radius 1 is 1.00 bits per heavy atom. The van der Waals surface area contributed by atoms with E-state index in [1.54, 1.807) is 0 Å². The second-order valence-corrected chi connectivity index (χ2v) is 4.68. The summed E-state index contributed by atoms with van der Waals surface area (Å²) in [5, 5.41) is 17.6. The predicted molar refractivity (Wildman–Crippen MR) is 59.1 cm³/mol. The summed E-state index contributed by atoms with van der Waals surface area (Å²) in [7, 11) is 0. The molecule has 2 N–H and O–H groups in total. The predicted octanol–water partition coefficient (Wildman–Crippen LogP) is 2.30. The van der Waals surface area contributed by atoms with Crippen LogP contribution in [0.5, 0.6) is 0 Å². The van der Waals surface area contributed by atoms with Gasteiger partial charge in [0.2, 0.25) is 0 Å². The molecule has 0 aromatic rings. The van der Waals surface area contributed by atoms with Crippen molar-refractivity contribution in [1.82, 2.24) is 0 Å². The highest BCUT2D eigenvalue weighted by molar-refractivity contribution is 5.69. The summed E-state index contributed by atoms with van der Waals surface area (Å²) in [6.07, 6.45) is 1.58. The number of rotatable bonds is 4. The van der Waals surface area contributed by atoms with Crippen molar-refractivity contribution in [3.05, 3.63) is 11.1 Å². The van der Waals surface area contributed by atoms with Crippen LogP contribution in [0.1, 0.15) is 39.5 Å². The Morgan fingerprint density at radius 3 is 1.56 bits per heavy atom. The third-order valence-corrected chi connectivity index (χ3v) is 3.41. The number of carbonyl (C=O) groups is 2. The smallest absolute Gasteiger partial charge is 0.303 e. The summed E-state index contributed by atoms with van der Waals surface area (Å²) in [6, 6.07) is 0. The zero-order valence-electron chi connectivity index (χ0n) is 9.69. The summed E-state index contributed by atoms with van der Waals surface area (Å²) < 4.78 is 0. The van der Waals surface area contributed by atoms with E-state index in [1.165, 1.54) is 11.1 Å². The van der Waals surface area contributed by atoms with Gasteiger partial charge in [0.25, 0.3) is 0 Å². The van der Waals surface area contributed by atoms with E-state index in [9.17, 15) is 9.59 Å². The van der Waals surface area contributed by atoms with Crippen LogP contribution in [0.15, 0.2) is 11.1 Å². The molecule has 90 valence electrons. The van der Waals surface area contributed by atoms with E-state index in [-0.39, 0.29) is 24.7 Å². The third kappa shape index (κ3) is 3.36. The number of carboxylic acid groups (broad SMARTS) is 2. The molecule has 0 aliphatic heterocycles. The quantitative estimate of drug-likeness (QED) is 0.721. The minimum atomic E-state index is -0.840. The minimum absolute atomic E-state index is 0.0303. The fourth-order valence-electron chi connectivity index (χ4n) is 2.39. The molecule has 16 heavy (non-hydrogen) atoms. The van der Waals surface area contributed by atoms with Crippen LogP contribution in [0, 0.1) is 11.8 Å². The highest BCUT2D eigenvalue weighted by Crippen LogP contribution is 2.37. The van der Waals surface area contributed by atoms with Gasteiger partial charge in [0, 0.05) is 12.8 Å². The molecular weight excluding hydrogens is 208 g/mol. The van der Waals surface area contributed by atoms with Crippen molar-refractivity contribution in [3.8, 4) is 0 Å². The first kappa shape index (κ1) is 12.7. The largest absolute Gasteiger partial charge is 0.481 e. The van der Waals surface area contributed by atoms with Crippen LogP contribution in [-0.2, 0) is 9.59 Å². The molecule has 0 spiro atoms. The van der Waals surface area contributed by atoms with Crippen molar-refractivity contribution in [2.75, 3.05) is 0 Å². The Kier molecular flexibility index (Phi) is 4.10. The van der Waals surface area contributed by atoms with Crippen molar-refractivity contribution in [3.63, 3.8) is 0 Å². The topological polar surface area (TPSA) is 74.6 Å². The molecule has 0 heterocycles. The van der Waals surface area contributed by atoms with Crippen LogP contribution in [0.3, 0.4) is 0 Å². The molecule has 0 bridgehead atoms. The van der Waals surface area contributed by atoms with Crippen LogP contribution in [0.4, 0.5) is 0 Å². The normalized spacial score (nSPS) is 25.6. The van der Waals surface area contributed by atoms with Gasteiger partial charge >= 0.3 is 11.9 Å². The van der Waals surface area contributed by atoms with Crippen LogP contribution in [0.25, 0.3) is 0 Å². The fraction of sp³-hybridized carbons (Fsp3) is 0.667. The molecule has 1 aliphatic carbocycles. The monoisotopic (exact) mass is 226 g/mol. The fourth-order valence-corrected chi connectivity index (χ4v) is 2.39. The van der Waals surface area contributed by atoms with Gasteiger partial charge in [-0.25, -0.2) is 0 Å². The van der Waals surface area contributed by atoms with Crippen molar-refractivity contribution in [2.45, 2.75) is 39.5 Å². The maximum absolute atomic E-state index is 10.7. The maximum Gasteiger partial charge on any atom is 0.303 e. The Bertz CT molecular complexity index is 298. The summed E-state index contributed by atoms with van der Waals surface area (Å²) in [6.45, 7) is 4.00. The van der Waals surface area contributed by atoms with Gasteiger partial charge in [-0.15, -0.1) is 0 Å². The van der Waals surface area contributed by atoms with Gasteiger partial charge in [-0.1, -0.05) is 11.1 Å². The highest BCUT2D eigenvalue weighted by Gasteiger charge is 2.30. The van der Waals surface area contributed by atoms with Crippen molar-refractivity contribution >= 4 is 11.9 Å². The molecule has 0 saturated heterocycles. The number of aliphatic carboxylic acids is 2. The summed E-state index contributed by atoms with van der Waals surface area (Å²) >= 11 is 0. The second kappa shape index (κ2) is 5.14. The number of allylic oxidation sites excluding steroid dienone is 2. The Morgan fingerprint density at radius 2 is 1.31 bits per heavy atom. The van der Waals surface area contributed by atoms with E-state index in [4.69, 9.17) is 10.2 Å². The Labute approximate surface area is 95.0 Å². The third-order valence-electron chi connectivity index (χ3n) is 3.41. The zero-order chi connectivity index (χ0) is 12.3. The highest BCUT2D eigenvalue weighted by atomic mass is 16.4. The zero-order valence-corrected chi connectivity index (χ0v) is 9.69. The first-order chi connectivity index (χ1) is 7.40. The van der Waals surface area contributed by atoms with Crippen molar-refractivity contribution in [1.29, 1.82) is 0 Å². The maximum atomic E-state index is 10.7. The van der Waals surface area contributed by atoms with Gasteiger partial charge < -0.3 is 10.2 Å². The first-order valence-electron chi connectivity index (χ1n) is 5.49. The van der Waals surface area contributed by atoms with E-state index >= 15 is 0 Å². The average Bonchev–Trinajstić information content (AvgIpc) is 2.11. The number of hydrogen-bond acceptors (Lipinski definition) is 2. The van der Waals surface area contributed by atoms with E-state index in [2.05, 4.69) is 0 Å². The van der Waals surface area contributed by atoms with Gasteiger partial charge in [0.1, 0.15) is 0 Å². The van der Waals surface area contributed by atoms with E-state index < -0.39 is 11.9 Å². The molecule has 4 nitrogen and oxygen atoms in total. The molecule has 2 atom stereocenters. The molecule has 2 unspecified atom stereocenters. The lowest BCUT2D eigenvalue weighted by molar-refractivity contribution is -0.142. The number of hydrogen-bond donors (Lipinski definition) is 2. The number of carboxylic acids is 2. The van der Waals surface area contributed by atoms with Gasteiger partial charge in [0.15, 0.2) is 0 Å². The van der Waals surface area contributed by atoms with Crippen LogP contribution < -0.4 is 0 Å². The lowest BCUT2D eigenvalue weighted by Gasteiger charge is -2.31. The van der Waals surface area contributed by atoms with Gasteiger partial charge in [-0.05, 0) is 38.5 Å². The van der Waals surface area contributed by atoms with Crippen molar-refractivity contribution < 1.29 is 19.8 Å². The van der Waals surface area contributed by atoms with Crippen LogP contribution in [-0.4, -0.2) is 22.2 Å². The Balaban J connectivity index is 2.77. The van der Waals surface area contributed by atoms with E-state index in [0.717, 1.165) is 12.8 Å². The molecule has 0 aromatic carbocycles. The standard InChI is InChI=1S/C12H18O4/c1-7-3-9(5-11(13)14)10(4-8(7)2)6-12(15)16/h9-10H,3-6H2,1-2H3,(H,13,14)(H,15,16). The van der Waals surface area contributed by atoms with Gasteiger partial charge in [-0.3, -0.25) is 9.59 Å². The van der Waals surface area contributed by atoms with Crippen LogP contribution in [0.2, 0.25) is 0 Å². The molecule has 0 saturated carbocycles. The Hall–Kier alpha value is -1.32. The average molecular weight is 226 g/mol. The van der Waals surface area contributed by atoms with Gasteiger partial charge in [-0.2, -0.15) is 0 Å². The molecule has 0 amide bonds. The lowest BCUT2D eigenvalue weighted by Crippen LogP contribution is -2.25. The molecule has 0 radical (unpaired) electrons. The van der Waals surface area contributed by atoms with Crippen LogP contribution >= 0.6 is 0 Å². The SMILES string of the molecule is CC1=C(C)CC(CC(=O)O)C(CC(=O)O)C1. The summed E-state index contributed by atoms with van der Waals surface area (Å²) in [4.78, 5) is 21.4. The van der Waals surface area contributed by atoms with E-state index in [1.807, 2.05) is 13.8 Å².